The summed E-state index contributed by atoms with van der Waals surface area (Å²) in [6.45, 7) is 3.79. The minimum absolute atomic E-state index is 0.0273. The number of nitrogens with zero attached hydrogens (tertiary/aromatic N) is 3. The van der Waals surface area contributed by atoms with Crippen LogP contribution in [0.15, 0.2) is 35.0 Å². The molecule has 0 saturated carbocycles. The molecule has 2 aromatic heterocycles. The lowest BCUT2D eigenvalue weighted by atomic mass is 9.97. The molecular weight excluding hydrogens is 320 g/mol. The van der Waals surface area contributed by atoms with Crippen molar-refractivity contribution >= 4 is 17.2 Å². The van der Waals surface area contributed by atoms with Crippen LogP contribution in [0.3, 0.4) is 0 Å². The Morgan fingerprint density at radius 3 is 3.25 bits per heavy atom. The Hall–Kier alpha value is -1.94. The standard InChI is InChI=1S/C18H20N4OS/c19-9-15-2-1-3-17(20-15)21-16-8-18(23-11-16)5-6-22(13-18)10-14-4-7-24-12-14/h1-4,7,12,16H,5-6,8,10-11,13H2,(H,20,21). The van der Waals surface area contributed by atoms with E-state index in [9.17, 15) is 0 Å². The van der Waals surface area contributed by atoms with Gasteiger partial charge in [0.1, 0.15) is 17.6 Å². The Labute approximate surface area is 145 Å². The molecule has 0 aromatic carbocycles. The van der Waals surface area contributed by atoms with Gasteiger partial charge >= 0.3 is 0 Å². The lowest BCUT2D eigenvalue weighted by Crippen LogP contribution is -2.33. The molecular formula is C18H20N4OS. The largest absolute Gasteiger partial charge is 0.371 e. The molecule has 2 saturated heterocycles. The van der Waals surface area contributed by atoms with Gasteiger partial charge in [-0.15, -0.1) is 0 Å². The molecule has 1 spiro atoms. The first-order chi connectivity index (χ1) is 11.7. The zero-order valence-corrected chi connectivity index (χ0v) is 14.3. The molecule has 24 heavy (non-hydrogen) atoms. The molecule has 5 nitrogen and oxygen atoms in total. The summed E-state index contributed by atoms with van der Waals surface area (Å²) in [4.78, 5) is 6.78. The summed E-state index contributed by atoms with van der Waals surface area (Å²) in [5, 5.41) is 16.7. The van der Waals surface area contributed by atoms with E-state index in [1.165, 1.54) is 5.56 Å². The van der Waals surface area contributed by atoms with Gasteiger partial charge in [0, 0.05) is 26.1 Å². The Kier molecular flexibility index (Phi) is 4.23. The summed E-state index contributed by atoms with van der Waals surface area (Å²) in [7, 11) is 0. The van der Waals surface area contributed by atoms with E-state index in [4.69, 9.17) is 10.00 Å². The van der Waals surface area contributed by atoms with Crippen LogP contribution < -0.4 is 5.32 Å². The highest BCUT2D eigenvalue weighted by atomic mass is 32.1. The van der Waals surface area contributed by atoms with Gasteiger partial charge in [0.05, 0.1) is 18.2 Å². The van der Waals surface area contributed by atoms with Crippen LogP contribution >= 0.6 is 11.3 Å². The van der Waals surface area contributed by atoms with E-state index in [1.807, 2.05) is 12.1 Å². The maximum atomic E-state index is 8.96. The first kappa shape index (κ1) is 15.6. The second kappa shape index (κ2) is 6.52. The number of nitriles is 1. The first-order valence-electron chi connectivity index (χ1n) is 8.26. The SMILES string of the molecule is N#Cc1cccc(NC2COC3(CCN(Cc4ccsc4)C3)C2)n1. The predicted octanol–water partition coefficient (Wildman–Crippen LogP) is 2.86. The van der Waals surface area contributed by atoms with Crippen molar-refractivity contribution < 1.29 is 4.74 Å². The van der Waals surface area contributed by atoms with Gasteiger partial charge in [-0.2, -0.15) is 16.6 Å². The third kappa shape index (κ3) is 3.29. The van der Waals surface area contributed by atoms with E-state index in [2.05, 4.69) is 38.1 Å². The van der Waals surface area contributed by atoms with Gasteiger partial charge < -0.3 is 10.1 Å². The average molecular weight is 340 g/mol. The van der Waals surface area contributed by atoms with Gasteiger partial charge in [0.25, 0.3) is 0 Å². The molecule has 2 aliphatic heterocycles. The lowest BCUT2D eigenvalue weighted by molar-refractivity contribution is 0.0120. The molecule has 2 aliphatic rings. The fraction of sp³-hybridized carbons (Fsp3) is 0.444. The molecule has 2 atom stereocenters. The summed E-state index contributed by atoms with van der Waals surface area (Å²) in [5.41, 5.74) is 1.80. The van der Waals surface area contributed by atoms with Crippen molar-refractivity contribution in [2.24, 2.45) is 0 Å². The van der Waals surface area contributed by atoms with Crippen LogP contribution in [0, 0.1) is 11.3 Å². The molecule has 0 amide bonds. The summed E-state index contributed by atoms with van der Waals surface area (Å²) < 4.78 is 6.20. The van der Waals surface area contributed by atoms with Crippen molar-refractivity contribution in [1.82, 2.24) is 9.88 Å². The minimum Gasteiger partial charge on any atom is -0.371 e. The predicted molar refractivity (Wildman–Crippen MR) is 93.9 cm³/mol. The second-order valence-corrected chi connectivity index (χ2v) is 7.43. The van der Waals surface area contributed by atoms with E-state index < -0.39 is 0 Å². The van der Waals surface area contributed by atoms with E-state index in [0.29, 0.717) is 12.3 Å². The summed E-state index contributed by atoms with van der Waals surface area (Å²) in [5.74, 6) is 0.757. The van der Waals surface area contributed by atoms with Gasteiger partial charge in [-0.25, -0.2) is 4.98 Å². The van der Waals surface area contributed by atoms with Crippen LogP contribution in [0.25, 0.3) is 0 Å². The van der Waals surface area contributed by atoms with Crippen LogP contribution in [0.5, 0.6) is 0 Å². The molecule has 0 radical (unpaired) electrons. The average Bonchev–Trinajstić information content (AvgIpc) is 3.32. The number of rotatable bonds is 4. The fourth-order valence-corrected chi connectivity index (χ4v) is 4.37. The van der Waals surface area contributed by atoms with Gasteiger partial charge in [0.2, 0.25) is 0 Å². The maximum Gasteiger partial charge on any atom is 0.142 e. The minimum atomic E-state index is -0.0273. The van der Waals surface area contributed by atoms with Crippen molar-refractivity contribution in [3.8, 4) is 6.07 Å². The summed E-state index contributed by atoms with van der Waals surface area (Å²) in [6, 6.07) is 10.0. The number of pyridine rings is 1. The Morgan fingerprint density at radius 1 is 1.46 bits per heavy atom. The molecule has 6 heteroatoms. The molecule has 1 N–H and O–H groups in total. The van der Waals surface area contributed by atoms with Gasteiger partial charge in [-0.05, 0) is 40.9 Å². The molecule has 4 rings (SSSR count). The number of hydrogen-bond donors (Lipinski definition) is 1. The molecule has 2 fully saturated rings. The summed E-state index contributed by atoms with van der Waals surface area (Å²) in [6.07, 6.45) is 2.08. The Morgan fingerprint density at radius 2 is 2.42 bits per heavy atom. The number of aromatic nitrogens is 1. The summed E-state index contributed by atoms with van der Waals surface area (Å²) >= 11 is 1.75. The van der Waals surface area contributed by atoms with Crippen LogP contribution in [-0.2, 0) is 11.3 Å². The van der Waals surface area contributed by atoms with Crippen LogP contribution in [0.4, 0.5) is 5.82 Å². The van der Waals surface area contributed by atoms with Crippen molar-refractivity contribution in [3.05, 3.63) is 46.3 Å². The molecule has 4 heterocycles. The highest BCUT2D eigenvalue weighted by molar-refractivity contribution is 7.07. The molecule has 124 valence electrons. The van der Waals surface area contributed by atoms with Crippen molar-refractivity contribution in [2.75, 3.05) is 25.0 Å². The smallest absolute Gasteiger partial charge is 0.142 e. The maximum absolute atomic E-state index is 8.96. The number of ether oxygens (including phenoxy) is 1. The van der Waals surface area contributed by atoms with Gasteiger partial charge in [-0.3, -0.25) is 4.90 Å². The van der Waals surface area contributed by atoms with E-state index in [1.54, 1.807) is 17.4 Å². The first-order valence-corrected chi connectivity index (χ1v) is 9.20. The van der Waals surface area contributed by atoms with Crippen LogP contribution in [0.1, 0.15) is 24.1 Å². The van der Waals surface area contributed by atoms with Crippen molar-refractivity contribution in [1.29, 1.82) is 5.26 Å². The number of thiophene rings is 1. The highest BCUT2D eigenvalue weighted by Crippen LogP contribution is 2.36. The van der Waals surface area contributed by atoms with E-state index in [-0.39, 0.29) is 11.6 Å². The van der Waals surface area contributed by atoms with Gasteiger partial charge in [0.15, 0.2) is 0 Å². The fourth-order valence-electron chi connectivity index (χ4n) is 3.71. The molecule has 2 aromatic rings. The molecule has 2 unspecified atom stereocenters. The highest BCUT2D eigenvalue weighted by Gasteiger charge is 2.45. The monoisotopic (exact) mass is 340 g/mol. The zero-order valence-electron chi connectivity index (χ0n) is 13.4. The molecule has 0 aliphatic carbocycles. The third-order valence-electron chi connectivity index (χ3n) is 4.81. The molecule has 0 bridgehead atoms. The van der Waals surface area contributed by atoms with Crippen molar-refractivity contribution in [2.45, 2.75) is 31.0 Å². The Balaban J connectivity index is 1.35. The van der Waals surface area contributed by atoms with Crippen LogP contribution in [0.2, 0.25) is 0 Å². The number of nitrogens with one attached hydrogen (secondary N) is 1. The van der Waals surface area contributed by atoms with E-state index in [0.717, 1.165) is 38.3 Å². The van der Waals surface area contributed by atoms with Gasteiger partial charge in [-0.1, -0.05) is 6.07 Å². The third-order valence-corrected chi connectivity index (χ3v) is 5.54. The lowest BCUT2D eigenvalue weighted by Gasteiger charge is -2.23. The number of hydrogen-bond acceptors (Lipinski definition) is 6. The van der Waals surface area contributed by atoms with E-state index >= 15 is 0 Å². The topological polar surface area (TPSA) is 61.2 Å². The normalized spacial score (nSPS) is 26.7. The van der Waals surface area contributed by atoms with Crippen LogP contribution in [-0.4, -0.2) is 41.2 Å². The second-order valence-electron chi connectivity index (χ2n) is 6.65. The number of likely N-dealkylation sites (tertiary alicyclic amines) is 1. The van der Waals surface area contributed by atoms with Crippen molar-refractivity contribution in [3.63, 3.8) is 0 Å². The zero-order chi connectivity index (χ0) is 16.4. The number of anilines is 1. The quantitative estimate of drug-likeness (QED) is 0.927. The Bertz CT molecular complexity index is 742.